The van der Waals surface area contributed by atoms with E-state index in [1.165, 1.54) is 33.7 Å². The second kappa shape index (κ2) is 9.21. The van der Waals surface area contributed by atoms with Crippen molar-refractivity contribution in [1.29, 1.82) is 0 Å². The molecule has 0 atom stereocenters. The van der Waals surface area contributed by atoms with Crippen LogP contribution >= 0.6 is 0 Å². The van der Waals surface area contributed by atoms with Crippen LogP contribution in [0.4, 0.5) is 4.39 Å². The first-order valence-electron chi connectivity index (χ1n) is 9.46. The summed E-state index contributed by atoms with van der Waals surface area (Å²) in [6.07, 6.45) is 1.60. The average molecular weight is 411 g/mol. The number of nitrogens with zero attached hydrogens (tertiary/aromatic N) is 2. The molecule has 0 aliphatic rings. The molecule has 0 radical (unpaired) electrons. The maximum Gasteiger partial charge on any atom is 0.338 e. The minimum Gasteiger partial charge on any atom is -0.452 e. The maximum absolute atomic E-state index is 13.3. The Morgan fingerprint density at radius 2 is 1.90 bits per heavy atom. The number of aromatic nitrogens is 2. The number of carbonyl (C=O) groups excluding carboxylic acids is 2. The number of likely N-dealkylation sites (N-methyl/N-ethyl adjacent to an activating group) is 1. The molecule has 3 aromatic rings. The van der Waals surface area contributed by atoms with Gasteiger partial charge in [-0.3, -0.25) is 9.36 Å². The van der Waals surface area contributed by atoms with Crippen LogP contribution in [-0.4, -0.2) is 39.5 Å². The highest BCUT2D eigenvalue weighted by atomic mass is 19.1. The third-order valence-corrected chi connectivity index (χ3v) is 4.65. The van der Waals surface area contributed by atoms with Gasteiger partial charge >= 0.3 is 11.7 Å². The van der Waals surface area contributed by atoms with Gasteiger partial charge in [0.05, 0.1) is 11.3 Å². The Kier molecular flexibility index (Phi) is 6.46. The molecule has 30 heavy (non-hydrogen) atoms. The molecule has 1 amide bonds. The topological polar surface area (TPSA) is 84.4 Å². The molecule has 0 fully saturated rings. The fourth-order valence-electron chi connectivity index (χ4n) is 3.06. The Hall–Kier alpha value is -3.68. The van der Waals surface area contributed by atoms with Gasteiger partial charge in [0.15, 0.2) is 6.61 Å². The highest BCUT2D eigenvalue weighted by Gasteiger charge is 2.16. The van der Waals surface area contributed by atoms with E-state index in [1.54, 1.807) is 44.3 Å². The van der Waals surface area contributed by atoms with Gasteiger partial charge in [0, 0.05) is 25.0 Å². The molecule has 0 bridgehead atoms. The maximum atomic E-state index is 13.3. The standard InChI is InChI=1S/C22H22FN3O4/c1-3-25(13-16-5-4-6-18(23)11-16)20(27)14-30-21(28)17-7-9-19(10-8-17)26-15(2)12-24-22(26)29/h4-12H,3,13-14H2,1-2H3,(H,24,29). The number of rotatable bonds is 7. The van der Waals surface area contributed by atoms with Crippen molar-refractivity contribution in [2.24, 2.45) is 0 Å². The number of hydrogen-bond donors (Lipinski definition) is 1. The Morgan fingerprint density at radius 1 is 1.17 bits per heavy atom. The number of esters is 1. The number of imidazole rings is 1. The Balaban J connectivity index is 1.60. The van der Waals surface area contributed by atoms with Crippen molar-refractivity contribution in [3.8, 4) is 5.69 Å². The normalized spacial score (nSPS) is 10.6. The highest BCUT2D eigenvalue weighted by Crippen LogP contribution is 2.12. The molecule has 1 N–H and O–H groups in total. The molecule has 3 rings (SSSR count). The number of amides is 1. The smallest absolute Gasteiger partial charge is 0.338 e. The summed E-state index contributed by atoms with van der Waals surface area (Å²) < 4.78 is 19.9. The van der Waals surface area contributed by atoms with Gasteiger partial charge in [0.25, 0.3) is 5.91 Å². The third-order valence-electron chi connectivity index (χ3n) is 4.65. The summed E-state index contributed by atoms with van der Waals surface area (Å²) in [6, 6.07) is 12.3. The van der Waals surface area contributed by atoms with Crippen LogP contribution < -0.4 is 5.69 Å². The van der Waals surface area contributed by atoms with E-state index in [1.807, 2.05) is 0 Å². The van der Waals surface area contributed by atoms with Crippen LogP contribution in [-0.2, 0) is 16.1 Å². The quantitative estimate of drug-likeness (QED) is 0.606. The lowest BCUT2D eigenvalue weighted by Crippen LogP contribution is -2.34. The van der Waals surface area contributed by atoms with Crippen molar-refractivity contribution in [2.45, 2.75) is 20.4 Å². The van der Waals surface area contributed by atoms with Crippen molar-refractivity contribution >= 4 is 11.9 Å². The van der Waals surface area contributed by atoms with Crippen LogP contribution in [0.25, 0.3) is 5.69 Å². The van der Waals surface area contributed by atoms with Crippen LogP contribution in [0, 0.1) is 12.7 Å². The molecular formula is C22H22FN3O4. The van der Waals surface area contributed by atoms with Gasteiger partial charge in [-0.2, -0.15) is 0 Å². The Bertz CT molecular complexity index is 1100. The number of aromatic amines is 1. The lowest BCUT2D eigenvalue weighted by atomic mass is 10.2. The van der Waals surface area contributed by atoms with Crippen LogP contribution in [0.2, 0.25) is 0 Å². The number of nitrogens with one attached hydrogen (secondary N) is 1. The molecule has 0 aliphatic heterocycles. The molecule has 8 heteroatoms. The van der Waals surface area contributed by atoms with E-state index in [2.05, 4.69) is 4.98 Å². The third kappa shape index (κ3) is 4.83. The summed E-state index contributed by atoms with van der Waals surface area (Å²) in [5, 5.41) is 0. The number of halogens is 1. The van der Waals surface area contributed by atoms with E-state index < -0.39 is 12.6 Å². The van der Waals surface area contributed by atoms with Gasteiger partial charge in [-0.15, -0.1) is 0 Å². The number of hydrogen-bond acceptors (Lipinski definition) is 4. The molecule has 7 nitrogen and oxygen atoms in total. The molecule has 0 unspecified atom stereocenters. The predicted octanol–water partition coefficient (Wildman–Crippen LogP) is 2.82. The van der Waals surface area contributed by atoms with E-state index >= 15 is 0 Å². The van der Waals surface area contributed by atoms with Gasteiger partial charge in [0.1, 0.15) is 5.82 Å². The van der Waals surface area contributed by atoms with Crippen molar-refractivity contribution in [1.82, 2.24) is 14.5 Å². The number of aryl methyl sites for hydroxylation is 1. The first-order chi connectivity index (χ1) is 14.4. The van der Waals surface area contributed by atoms with Gasteiger partial charge in [-0.05, 0) is 55.8 Å². The summed E-state index contributed by atoms with van der Waals surface area (Å²) in [6.45, 7) is 3.79. The van der Waals surface area contributed by atoms with Crippen LogP contribution in [0.5, 0.6) is 0 Å². The molecule has 1 aromatic heterocycles. The zero-order valence-electron chi connectivity index (χ0n) is 16.7. The van der Waals surface area contributed by atoms with Crippen LogP contribution in [0.3, 0.4) is 0 Å². The second-order valence-corrected chi connectivity index (χ2v) is 6.73. The fourth-order valence-corrected chi connectivity index (χ4v) is 3.06. The van der Waals surface area contributed by atoms with E-state index in [9.17, 15) is 18.8 Å². The summed E-state index contributed by atoms with van der Waals surface area (Å²) in [5.41, 5.74) is 1.99. The van der Waals surface area contributed by atoms with Gasteiger partial charge < -0.3 is 14.6 Å². The predicted molar refractivity (Wildman–Crippen MR) is 109 cm³/mol. The van der Waals surface area contributed by atoms with Crippen LogP contribution in [0.1, 0.15) is 28.5 Å². The van der Waals surface area contributed by atoms with E-state index in [4.69, 9.17) is 4.74 Å². The van der Waals surface area contributed by atoms with Crippen molar-refractivity contribution < 1.29 is 18.7 Å². The summed E-state index contributed by atoms with van der Waals surface area (Å²) >= 11 is 0. The van der Waals surface area contributed by atoms with Gasteiger partial charge in [0.2, 0.25) is 0 Å². The Labute approximate surface area is 172 Å². The molecule has 0 aliphatic carbocycles. The average Bonchev–Trinajstić information content (AvgIpc) is 3.08. The lowest BCUT2D eigenvalue weighted by molar-refractivity contribution is -0.134. The van der Waals surface area contributed by atoms with Crippen LogP contribution in [0.15, 0.2) is 59.5 Å². The summed E-state index contributed by atoms with van der Waals surface area (Å²) in [4.78, 5) is 40.6. The molecule has 156 valence electrons. The minimum atomic E-state index is -0.644. The van der Waals surface area contributed by atoms with Crippen molar-refractivity contribution in [3.05, 3.63) is 87.9 Å². The molecule has 1 heterocycles. The molecular weight excluding hydrogens is 389 g/mol. The first kappa shape index (κ1) is 21.0. The lowest BCUT2D eigenvalue weighted by Gasteiger charge is -2.21. The molecule has 0 spiro atoms. The first-order valence-corrected chi connectivity index (χ1v) is 9.46. The number of benzene rings is 2. The van der Waals surface area contributed by atoms with E-state index in [0.29, 0.717) is 17.8 Å². The summed E-state index contributed by atoms with van der Waals surface area (Å²) in [7, 11) is 0. The number of ether oxygens (including phenoxy) is 1. The fraction of sp³-hybridized carbons (Fsp3) is 0.227. The highest BCUT2D eigenvalue weighted by molar-refractivity contribution is 5.91. The SMILES string of the molecule is CCN(Cc1cccc(F)c1)C(=O)COC(=O)c1ccc(-n2c(C)c[nH]c2=O)cc1. The van der Waals surface area contributed by atoms with E-state index in [0.717, 1.165) is 5.69 Å². The van der Waals surface area contributed by atoms with E-state index in [-0.39, 0.29) is 29.5 Å². The molecule has 2 aromatic carbocycles. The minimum absolute atomic E-state index is 0.226. The number of carbonyl (C=O) groups is 2. The molecule has 0 saturated heterocycles. The van der Waals surface area contributed by atoms with Crippen molar-refractivity contribution in [2.75, 3.05) is 13.2 Å². The zero-order valence-corrected chi connectivity index (χ0v) is 16.7. The summed E-state index contributed by atoms with van der Waals surface area (Å²) in [5.74, 6) is -1.39. The van der Waals surface area contributed by atoms with Gasteiger partial charge in [-0.25, -0.2) is 14.0 Å². The van der Waals surface area contributed by atoms with Gasteiger partial charge in [-0.1, -0.05) is 12.1 Å². The number of H-pyrrole nitrogens is 1. The Morgan fingerprint density at radius 3 is 2.50 bits per heavy atom. The monoisotopic (exact) mass is 411 g/mol. The largest absolute Gasteiger partial charge is 0.452 e. The zero-order chi connectivity index (χ0) is 21.7. The molecule has 0 saturated carbocycles. The van der Waals surface area contributed by atoms with Crippen molar-refractivity contribution in [3.63, 3.8) is 0 Å². The second-order valence-electron chi connectivity index (χ2n) is 6.73.